The first kappa shape index (κ1) is 50.2. The van der Waals surface area contributed by atoms with E-state index in [0.29, 0.717) is 0 Å². The highest BCUT2D eigenvalue weighted by Gasteiger charge is 2.57. The predicted octanol–water partition coefficient (Wildman–Crippen LogP) is 18.5. The smallest absolute Gasteiger partial charge is 0.118 e. The molecular formula is C78H58O4. The first-order valence-electron chi connectivity index (χ1n) is 28.0. The van der Waals surface area contributed by atoms with Crippen molar-refractivity contribution in [2.45, 2.75) is 17.3 Å². The summed E-state index contributed by atoms with van der Waals surface area (Å²) in [7, 11) is 6.82. The van der Waals surface area contributed by atoms with Crippen LogP contribution in [-0.4, -0.2) is 28.4 Å². The third-order valence-electron chi connectivity index (χ3n) is 17.4. The fourth-order valence-electron chi connectivity index (χ4n) is 13.1. The van der Waals surface area contributed by atoms with Crippen molar-refractivity contribution < 1.29 is 18.9 Å². The van der Waals surface area contributed by atoms with Crippen molar-refractivity contribution in [1.82, 2.24) is 0 Å². The summed E-state index contributed by atoms with van der Waals surface area (Å²) in [6.45, 7) is 0. The average molecular weight is 1060 g/mol. The maximum absolute atomic E-state index is 5.49. The van der Waals surface area contributed by atoms with Gasteiger partial charge in [-0.15, -0.1) is 0 Å². The van der Waals surface area contributed by atoms with Crippen molar-refractivity contribution in [3.05, 3.63) is 300 Å². The molecule has 10 aromatic carbocycles. The maximum atomic E-state index is 5.49. The minimum atomic E-state index is -0.593. The van der Waals surface area contributed by atoms with Crippen LogP contribution in [0.25, 0.3) is 77.9 Å². The fraction of sp³-hybridized carbons (Fsp3) is 0.103. The minimum Gasteiger partial charge on any atom is -0.497 e. The molecule has 0 bridgehead atoms. The monoisotopic (exact) mass is 1060 g/mol. The second-order valence-electron chi connectivity index (χ2n) is 21.6. The van der Waals surface area contributed by atoms with Gasteiger partial charge in [-0.25, -0.2) is 0 Å². The molecule has 0 heterocycles. The molecule has 4 atom stereocenters. The van der Waals surface area contributed by atoms with E-state index in [-0.39, 0.29) is 17.8 Å². The van der Waals surface area contributed by atoms with Gasteiger partial charge in [-0.2, -0.15) is 0 Å². The molecule has 10 aromatic rings. The molecular weight excluding hydrogens is 1000 g/mol. The van der Waals surface area contributed by atoms with Crippen molar-refractivity contribution in [1.29, 1.82) is 0 Å². The number of methoxy groups -OCH3 is 4. The zero-order valence-electron chi connectivity index (χ0n) is 46.2. The van der Waals surface area contributed by atoms with Crippen molar-refractivity contribution in [3.63, 3.8) is 0 Å². The zero-order chi connectivity index (χ0) is 55.3. The van der Waals surface area contributed by atoms with Gasteiger partial charge in [-0.1, -0.05) is 200 Å². The molecule has 0 aliphatic heterocycles. The number of ether oxygens (including phenoxy) is 4. The van der Waals surface area contributed by atoms with E-state index in [1.165, 1.54) is 66.8 Å². The number of allylic oxidation sites excluding steroid dienone is 8. The summed E-state index contributed by atoms with van der Waals surface area (Å²) < 4.78 is 21.9. The number of hydrogen-bond donors (Lipinski definition) is 0. The molecule has 4 aliphatic carbocycles. The summed E-state index contributed by atoms with van der Waals surface area (Å²) in [5, 5.41) is 0. The molecule has 394 valence electrons. The van der Waals surface area contributed by atoms with Gasteiger partial charge in [0.05, 0.1) is 39.8 Å². The molecule has 0 saturated carbocycles. The zero-order valence-corrected chi connectivity index (χ0v) is 46.2. The molecule has 1 spiro atoms. The molecule has 4 aliphatic rings. The van der Waals surface area contributed by atoms with Crippen LogP contribution in [-0.2, 0) is 5.41 Å². The van der Waals surface area contributed by atoms with E-state index >= 15 is 0 Å². The van der Waals surface area contributed by atoms with Gasteiger partial charge in [0.15, 0.2) is 0 Å². The molecule has 4 unspecified atom stereocenters. The van der Waals surface area contributed by atoms with E-state index in [9.17, 15) is 0 Å². The van der Waals surface area contributed by atoms with Crippen molar-refractivity contribution in [2.24, 2.45) is 5.92 Å². The third kappa shape index (κ3) is 8.74. The molecule has 4 nitrogen and oxygen atoms in total. The van der Waals surface area contributed by atoms with Crippen LogP contribution in [0.15, 0.2) is 261 Å². The summed E-state index contributed by atoms with van der Waals surface area (Å²) >= 11 is 0. The van der Waals surface area contributed by atoms with Gasteiger partial charge >= 0.3 is 0 Å². The van der Waals surface area contributed by atoms with E-state index in [1.54, 1.807) is 28.4 Å². The summed E-state index contributed by atoms with van der Waals surface area (Å²) in [6.07, 6.45) is 14.1. The Kier molecular flexibility index (Phi) is 12.8. The Labute approximate surface area is 480 Å². The number of fused-ring (bicyclic) bond motifs is 10. The molecule has 0 N–H and O–H groups in total. The van der Waals surface area contributed by atoms with Crippen LogP contribution in [0.4, 0.5) is 0 Å². The Morgan fingerprint density at radius 2 is 0.707 bits per heavy atom. The lowest BCUT2D eigenvalue weighted by atomic mass is 9.64. The first-order chi connectivity index (χ1) is 40.4. The van der Waals surface area contributed by atoms with Gasteiger partial charge in [-0.3, -0.25) is 0 Å². The summed E-state index contributed by atoms with van der Waals surface area (Å²) in [5.74, 6) is 10.5. The van der Waals surface area contributed by atoms with Gasteiger partial charge < -0.3 is 18.9 Å². The van der Waals surface area contributed by atoms with Crippen molar-refractivity contribution in [2.75, 3.05) is 28.4 Å². The lowest BCUT2D eigenvalue weighted by molar-refractivity contribution is 0.414. The second kappa shape index (κ2) is 20.9. The Bertz CT molecular complexity index is 4260. The predicted molar refractivity (Wildman–Crippen MR) is 335 cm³/mol. The molecule has 0 radical (unpaired) electrons. The van der Waals surface area contributed by atoms with Crippen LogP contribution in [0.5, 0.6) is 23.0 Å². The van der Waals surface area contributed by atoms with Gasteiger partial charge in [-0.05, 0) is 190 Å². The minimum absolute atomic E-state index is 0.0253. The molecule has 0 amide bonds. The van der Waals surface area contributed by atoms with E-state index < -0.39 is 5.41 Å². The Morgan fingerprint density at radius 3 is 1.18 bits per heavy atom. The number of benzene rings is 10. The molecule has 82 heavy (non-hydrogen) atoms. The van der Waals surface area contributed by atoms with Crippen LogP contribution in [0, 0.1) is 17.8 Å². The average Bonchev–Trinajstić information content (AvgIpc) is 1.81. The molecule has 0 aromatic heterocycles. The first-order valence-corrected chi connectivity index (χ1v) is 28.0. The van der Waals surface area contributed by atoms with Crippen LogP contribution in [0.1, 0.15) is 50.8 Å². The van der Waals surface area contributed by atoms with Crippen LogP contribution in [0.2, 0.25) is 0 Å². The normalized spacial score (nSPS) is 17.7. The molecule has 4 heteroatoms. The van der Waals surface area contributed by atoms with Crippen molar-refractivity contribution >= 4 is 11.1 Å². The Balaban J connectivity index is 0.941. The van der Waals surface area contributed by atoms with Crippen molar-refractivity contribution in [3.8, 4) is 102 Å². The molecule has 14 rings (SSSR count). The largest absolute Gasteiger partial charge is 0.497 e. The maximum Gasteiger partial charge on any atom is 0.118 e. The second-order valence-corrected chi connectivity index (χ2v) is 21.6. The lowest BCUT2D eigenvalue weighted by Crippen LogP contribution is -2.33. The van der Waals surface area contributed by atoms with E-state index in [1.807, 2.05) is 48.5 Å². The quantitative estimate of drug-likeness (QED) is 0.114. The van der Waals surface area contributed by atoms with Gasteiger partial charge in [0.25, 0.3) is 0 Å². The topological polar surface area (TPSA) is 36.9 Å². The number of rotatable bonds is 12. The third-order valence-corrected chi connectivity index (χ3v) is 17.4. The van der Waals surface area contributed by atoms with Gasteiger partial charge in [0.1, 0.15) is 23.0 Å². The summed E-state index contributed by atoms with van der Waals surface area (Å²) in [6, 6.07) is 82.0. The van der Waals surface area contributed by atoms with Crippen LogP contribution in [0.3, 0.4) is 0 Å². The van der Waals surface area contributed by atoms with E-state index in [2.05, 4.69) is 224 Å². The lowest BCUT2D eigenvalue weighted by Gasteiger charge is -2.37. The summed E-state index contributed by atoms with van der Waals surface area (Å²) in [5.41, 5.74) is 24.7. The van der Waals surface area contributed by atoms with E-state index in [0.717, 1.165) is 73.1 Å². The summed E-state index contributed by atoms with van der Waals surface area (Å²) in [4.78, 5) is 0. The van der Waals surface area contributed by atoms with Gasteiger partial charge in [0, 0.05) is 11.8 Å². The molecule has 0 saturated heterocycles. The van der Waals surface area contributed by atoms with E-state index in [4.69, 9.17) is 18.9 Å². The fourth-order valence-corrected chi connectivity index (χ4v) is 13.1. The number of hydrogen-bond acceptors (Lipinski definition) is 4. The van der Waals surface area contributed by atoms with Gasteiger partial charge in [0.2, 0.25) is 0 Å². The Hall–Kier alpha value is -10.1. The van der Waals surface area contributed by atoms with Crippen LogP contribution >= 0.6 is 0 Å². The Morgan fingerprint density at radius 1 is 0.341 bits per heavy atom. The van der Waals surface area contributed by atoms with Crippen LogP contribution < -0.4 is 18.9 Å². The highest BCUT2D eigenvalue weighted by atomic mass is 16.5. The standard InChI is InChI=1S/C78H58O4/c1-79-66-34-22-55(23-35-66)50-6-5-7-51(9-8-50)62-30-42-70-71-43-31-63(59-16-10-52(11-17-59)56-24-36-67(80-2)37-25-56)47-75(71)78(74(70)46-62)76-48-64(60-18-12-53(13-19-60)57-26-38-68(81-3)39-27-57)32-44-72(76)73-45-33-65(49-77(73)78)61-20-14-54(15-21-61)58-28-40-69(82-4)41-29-58/h7-50,72,76H,1-4H3. The highest BCUT2D eigenvalue weighted by molar-refractivity contribution is 5.92. The SMILES string of the molecule is COc1ccc(-c2ccc(C3=CC4C(C=C3)c3ccc(-c5ccc(-c6ccc(OC)cc6)cc5)cc3C43c4cc(C5=CC#CC(c6ccc(OC)cc6)C=C5)ccc4-c4ccc(-c5ccc(-c6ccc(OC)cc6)cc5)cc43)cc2)cc1. The highest BCUT2D eigenvalue weighted by Crippen LogP contribution is 2.67. The molecule has 0 fully saturated rings.